The van der Waals surface area contributed by atoms with Crippen molar-refractivity contribution in [1.29, 1.82) is 0 Å². The van der Waals surface area contributed by atoms with Crippen molar-refractivity contribution >= 4 is 33.6 Å². The molecule has 0 aliphatic rings. The van der Waals surface area contributed by atoms with Gasteiger partial charge in [-0.2, -0.15) is 11.8 Å². The van der Waals surface area contributed by atoms with E-state index in [1.807, 2.05) is 13.2 Å². The maximum absolute atomic E-state index is 13.5. The van der Waals surface area contributed by atoms with Crippen LogP contribution in [-0.2, 0) is 0 Å². The summed E-state index contributed by atoms with van der Waals surface area (Å²) in [5.41, 5.74) is 0.0727. The van der Waals surface area contributed by atoms with Crippen LogP contribution in [0.3, 0.4) is 0 Å². The number of thioether (sulfide) groups is 1. The lowest BCUT2D eigenvalue weighted by Crippen LogP contribution is -2.33. The number of hydrogen-bond donors (Lipinski definition) is 1. The molecule has 5 heteroatoms. The molecule has 1 rings (SSSR count). The average Bonchev–Trinajstić information content (AvgIpc) is 2.26. The van der Waals surface area contributed by atoms with Gasteiger partial charge in [0, 0.05) is 10.5 Å². The van der Waals surface area contributed by atoms with Crippen molar-refractivity contribution in [3.05, 3.63) is 34.1 Å². The van der Waals surface area contributed by atoms with Gasteiger partial charge in [0.2, 0.25) is 0 Å². The van der Waals surface area contributed by atoms with E-state index in [-0.39, 0.29) is 17.5 Å². The molecule has 94 valence electrons. The highest BCUT2D eigenvalue weighted by atomic mass is 79.9. The molecule has 0 saturated carbocycles. The first-order valence-corrected chi connectivity index (χ1v) is 7.48. The van der Waals surface area contributed by atoms with Crippen LogP contribution in [0.2, 0.25) is 0 Å². The first-order valence-electron chi connectivity index (χ1n) is 5.30. The Bertz CT molecular complexity index is 380. The third-order valence-corrected chi connectivity index (χ3v) is 3.63. The summed E-state index contributed by atoms with van der Waals surface area (Å²) >= 11 is 4.91. The molecule has 0 bridgehead atoms. The van der Waals surface area contributed by atoms with Crippen LogP contribution in [0.4, 0.5) is 4.39 Å². The summed E-state index contributed by atoms with van der Waals surface area (Å²) in [6, 6.07) is 4.55. The highest BCUT2D eigenvalue weighted by Gasteiger charge is 2.16. The molecular formula is C12H15BrFNOS. The monoisotopic (exact) mass is 319 g/mol. The van der Waals surface area contributed by atoms with Gasteiger partial charge in [0.15, 0.2) is 0 Å². The lowest BCUT2D eigenvalue weighted by atomic mass is 10.1. The largest absolute Gasteiger partial charge is 0.349 e. The Hall–Kier alpha value is -0.550. The summed E-state index contributed by atoms with van der Waals surface area (Å²) in [6.45, 7) is 1.92. The molecule has 0 aliphatic heterocycles. The van der Waals surface area contributed by atoms with Crippen molar-refractivity contribution in [2.45, 2.75) is 19.4 Å². The van der Waals surface area contributed by atoms with Crippen molar-refractivity contribution < 1.29 is 9.18 Å². The van der Waals surface area contributed by atoms with E-state index in [4.69, 9.17) is 0 Å². The molecule has 0 saturated heterocycles. The SMILES string of the molecule is CSCCC(C)NC(=O)c1c(F)cccc1Br. The smallest absolute Gasteiger partial charge is 0.255 e. The zero-order valence-electron chi connectivity index (χ0n) is 9.80. The van der Waals surface area contributed by atoms with Crippen molar-refractivity contribution in [3.63, 3.8) is 0 Å². The molecule has 0 aromatic heterocycles. The van der Waals surface area contributed by atoms with E-state index in [0.717, 1.165) is 12.2 Å². The fourth-order valence-electron chi connectivity index (χ4n) is 1.38. The minimum atomic E-state index is -0.506. The lowest BCUT2D eigenvalue weighted by molar-refractivity contribution is 0.0934. The van der Waals surface area contributed by atoms with E-state index in [1.165, 1.54) is 6.07 Å². The highest BCUT2D eigenvalue weighted by Crippen LogP contribution is 2.19. The Kier molecular flexibility index (Phi) is 5.98. The molecule has 0 heterocycles. The van der Waals surface area contributed by atoms with E-state index in [0.29, 0.717) is 4.47 Å². The Morgan fingerprint density at radius 2 is 2.29 bits per heavy atom. The second-order valence-corrected chi connectivity index (χ2v) is 5.59. The molecular weight excluding hydrogens is 305 g/mol. The normalized spacial score (nSPS) is 12.2. The van der Waals surface area contributed by atoms with Crippen molar-refractivity contribution in [1.82, 2.24) is 5.32 Å². The van der Waals surface area contributed by atoms with Crippen LogP contribution in [0.1, 0.15) is 23.7 Å². The second-order valence-electron chi connectivity index (χ2n) is 3.75. The van der Waals surface area contributed by atoms with Gasteiger partial charge in [0.1, 0.15) is 5.82 Å². The van der Waals surface area contributed by atoms with E-state index >= 15 is 0 Å². The summed E-state index contributed by atoms with van der Waals surface area (Å²) in [7, 11) is 0. The number of rotatable bonds is 5. The molecule has 0 spiro atoms. The summed E-state index contributed by atoms with van der Waals surface area (Å²) in [4.78, 5) is 11.9. The topological polar surface area (TPSA) is 29.1 Å². The Labute approximate surface area is 113 Å². The first kappa shape index (κ1) is 14.5. The molecule has 1 amide bonds. The van der Waals surface area contributed by atoms with Gasteiger partial charge in [0.25, 0.3) is 5.91 Å². The predicted molar refractivity (Wildman–Crippen MR) is 74.0 cm³/mol. The second kappa shape index (κ2) is 7.01. The van der Waals surface area contributed by atoms with E-state index in [9.17, 15) is 9.18 Å². The van der Waals surface area contributed by atoms with Gasteiger partial charge in [-0.25, -0.2) is 4.39 Å². The van der Waals surface area contributed by atoms with Gasteiger partial charge in [-0.15, -0.1) is 0 Å². The van der Waals surface area contributed by atoms with Crippen LogP contribution in [0.25, 0.3) is 0 Å². The van der Waals surface area contributed by atoms with Crippen LogP contribution in [0.15, 0.2) is 22.7 Å². The predicted octanol–water partition coefficient (Wildman–Crippen LogP) is 3.46. The molecule has 1 aromatic rings. The fourth-order valence-corrected chi connectivity index (χ4v) is 2.49. The van der Waals surface area contributed by atoms with Gasteiger partial charge < -0.3 is 5.32 Å². The Morgan fingerprint density at radius 3 is 2.88 bits per heavy atom. The summed E-state index contributed by atoms with van der Waals surface area (Å²) in [5, 5.41) is 2.79. The lowest BCUT2D eigenvalue weighted by Gasteiger charge is -2.14. The van der Waals surface area contributed by atoms with Crippen molar-refractivity contribution in [3.8, 4) is 0 Å². The third-order valence-electron chi connectivity index (χ3n) is 2.32. The van der Waals surface area contributed by atoms with Gasteiger partial charge >= 0.3 is 0 Å². The van der Waals surface area contributed by atoms with Crippen molar-refractivity contribution in [2.24, 2.45) is 0 Å². The van der Waals surface area contributed by atoms with E-state index in [2.05, 4.69) is 21.2 Å². The van der Waals surface area contributed by atoms with Crippen LogP contribution < -0.4 is 5.32 Å². The molecule has 0 aliphatic carbocycles. The number of nitrogens with one attached hydrogen (secondary N) is 1. The highest BCUT2D eigenvalue weighted by molar-refractivity contribution is 9.10. The van der Waals surface area contributed by atoms with Gasteiger partial charge in [-0.3, -0.25) is 4.79 Å². The van der Waals surface area contributed by atoms with Crippen LogP contribution in [-0.4, -0.2) is 24.0 Å². The molecule has 17 heavy (non-hydrogen) atoms. The van der Waals surface area contributed by atoms with Crippen LogP contribution >= 0.6 is 27.7 Å². The average molecular weight is 320 g/mol. The van der Waals surface area contributed by atoms with E-state index in [1.54, 1.807) is 23.9 Å². The standard InChI is InChI=1S/C12H15BrFNOS/c1-8(6-7-17-2)15-12(16)11-9(13)4-3-5-10(11)14/h3-5,8H,6-7H2,1-2H3,(H,15,16). The number of carbonyl (C=O) groups excluding carboxylic acids is 1. The Balaban J connectivity index is 2.70. The molecule has 2 nitrogen and oxygen atoms in total. The Morgan fingerprint density at radius 1 is 1.59 bits per heavy atom. The van der Waals surface area contributed by atoms with Crippen LogP contribution in [0.5, 0.6) is 0 Å². The van der Waals surface area contributed by atoms with Gasteiger partial charge in [-0.1, -0.05) is 6.07 Å². The zero-order valence-corrected chi connectivity index (χ0v) is 12.2. The maximum Gasteiger partial charge on any atom is 0.255 e. The van der Waals surface area contributed by atoms with Gasteiger partial charge in [0.05, 0.1) is 5.56 Å². The molecule has 0 fully saturated rings. The van der Waals surface area contributed by atoms with Crippen LogP contribution in [0, 0.1) is 5.82 Å². The minimum Gasteiger partial charge on any atom is -0.349 e. The summed E-state index contributed by atoms with van der Waals surface area (Å²) in [5.74, 6) is 0.0948. The molecule has 1 unspecified atom stereocenters. The molecule has 1 atom stereocenters. The number of amides is 1. The molecule has 0 radical (unpaired) electrons. The number of carbonyl (C=O) groups is 1. The minimum absolute atomic E-state index is 0.0430. The number of hydrogen-bond acceptors (Lipinski definition) is 2. The third kappa shape index (κ3) is 4.32. The fraction of sp³-hybridized carbons (Fsp3) is 0.417. The van der Waals surface area contributed by atoms with Crippen molar-refractivity contribution in [2.75, 3.05) is 12.0 Å². The summed E-state index contributed by atoms with van der Waals surface area (Å²) < 4.78 is 14.0. The number of benzene rings is 1. The van der Waals surface area contributed by atoms with Gasteiger partial charge in [-0.05, 0) is 53.4 Å². The first-order chi connectivity index (χ1) is 8.06. The number of halogens is 2. The maximum atomic E-state index is 13.5. The molecule has 1 N–H and O–H groups in total. The summed E-state index contributed by atoms with van der Waals surface area (Å²) in [6.07, 6.45) is 2.89. The van der Waals surface area contributed by atoms with E-state index < -0.39 is 5.82 Å². The molecule has 1 aromatic carbocycles. The quantitative estimate of drug-likeness (QED) is 0.900. The zero-order chi connectivity index (χ0) is 12.8.